The first-order chi connectivity index (χ1) is 8.56. The van der Waals surface area contributed by atoms with E-state index in [-0.39, 0.29) is 6.61 Å². The molecule has 3 nitrogen and oxygen atoms in total. The molecule has 1 atom stereocenters. The molecule has 0 radical (unpaired) electrons. The van der Waals surface area contributed by atoms with Crippen LogP contribution in [0.4, 0.5) is 4.39 Å². The van der Waals surface area contributed by atoms with Crippen LogP contribution in [0, 0.1) is 11.7 Å². The standard InChI is InChI=1S/C14H20FNO2/c1-4-18-14(17)13(16-9-10(2)3)11-7-5-6-8-12(11)15/h5-8,10,13,16H,4,9H2,1-3H3. The predicted octanol–water partition coefficient (Wildman–Crippen LogP) is 2.68. The molecule has 1 aromatic carbocycles. The Morgan fingerprint density at radius 1 is 1.39 bits per heavy atom. The first-order valence-corrected chi connectivity index (χ1v) is 6.20. The van der Waals surface area contributed by atoms with Gasteiger partial charge in [0.05, 0.1) is 6.61 Å². The molecular weight excluding hydrogens is 233 g/mol. The molecule has 0 amide bonds. The van der Waals surface area contributed by atoms with Gasteiger partial charge in [0.1, 0.15) is 11.9 Å². The third-order valence-electron chi connectivity index (χ3n) is 2.47. The molecule has 1 unspecified atom stereocenters. The van der Waals surface area contributed by atoms with Crippen molar-refractivity contribution < 1.29 is 13.9 Å². The van der Waals surface area contributed by atoms with E-state index in [2.05, 4.69) is 5.32 Å². The van der Waals surface area contributed by atoms with Gasteiger partial charge in [0, 0.05) is 5.56 Å². The van der Waals surface area contributed by atoms with Gasteiger partial charge in [-0.2, -0.15) is 0 Å². The fourth-order valence-corrected chi connectivity index (χ4v) is 1.61. The highest BCUT2D eigenvalue weighted by Crippen LogP contribution is 2.18. The highest BCUT2D eigenvalue weighted by Gasteiger charge is 2.24. The molecule has 1 aromatic rings. The van der Waals surface area contributed by atoms with E-state index < -0.39 is 17.8 Å². The minimum atomic E-state index is -0.742. The fourth-order valence-electron chi connectivity index (χ4n) is 1.61. The smallest absolute Gasteiger partial charge is 0.327 e. The summed E-state index contributed by atoms with van der Waals surface area (Å²) in [5, 5.41) is 3.05. The van der Waals surface area contributed by atoms with E-state index in [0.29, 0.717) is 18.0 Å². The maximum absolute atomic E-state index is 13.7. The number of nitrogens with one attached hydrogen (secondary N) is 1. The molecule has 0 fully saturated rings. The molecule has 4 heteroatoms. The van der Waals surface area contributed by atoms with Crippen molar-refractivity contribution in [2.45, 2.75) is 26.8 Å². The Kier molecular flexibility index (Phi) is 5.78. The largest absolute Gasteiger partial charge is 0.465 e. The number of esters is 1. The van der Waals surface area contributed by atoms with Gasteiger partial charge in [0.25, 0.3) is 0 Å². The maximum Gasteiger partial charge on any atom is 0.327 e. The summed E-state index contributed by atoms with van der Waals surface area (Å²) in [5.41, 5.74) is 0.330. The van der Waals surface area contributed by atoms with E-state index in [9.17, 15) is 9.18 Å². The van der Waals surface area contributed by atoms with Crippen molar-refractivity contribution >= 4 is 5.97 Å². The Bertz CT molecular complexity index is 393. The van der Waals surface area contributed by atoms with Crippen molar-refractivity contribution in [3.05, 3.63) is 35.6 Å². The van der Waals surface area contributed by atoms with E-state index in [0.717, 1.165) is 0 Å². The number of benzene rings is 1. The topological polar surface area (TPSA) is 38.3 Å². The van der Waals surface area contributed by atoms with Gasteiger partial charge < -0.3 is 10.1 Å². The quantitative estimate of drug-likeness (QED) is 0.792. The van der Waals surface area contributed by atoms with Crippen molar-refractivity contribution in [1.82, 2.24) is 5.32 Å². The lowest BCUT2D eigenvalue weighted by Gasteiger charge is -2.19. The monoisotopic (exact) mass is 253 g/mol. The zero-order valence-electron chi connectivity index (χ0n) is 11.1. The summed E-state index contributed by atoms with van der Waals surface area (Å²) in [5.74, 6) is -0.469. The second kappa shape index (κ2) is 7.11. The number of carbonyl (C=O) groups is 1. The molecule has 0 saturated carbocycles. The SMILES string of the molecule is CCOC(=O)C(NCC(C)C)c1ccccc1F. The maximum atomic E-state index is 13.7. The number of ether oxygens (including phenoxy) is 1. The van der Waals surface area contributed by atoms with E-state index >= 15 is 0 Å². The molecule has 0 bridgehead atoms. The molecule has 0 heterocycles. The van der Waals surface area contributed by atoms with Crippen LogP contribution in [0.3, 0.4) is 0 Å². The van der Waals surface area contributed by atoms with Gasteiger partial charge in [0.2, 0.25) is 0 Å². The Morgan fingerprint density at radius 2 is 2.06 bits per heavy atom. The Balaban J connectivity index is 2.89. The van der Waals surface area contributed by atoms with Gasteiger partial charge in [-0.05, 0) is 25.5 Å². The lowest BCUT2D eigenvalue weighted by Crippen LogP contribution is -2.33. The second-order valence-corrected chi connectivity index (χ2v) is 4.51. The van der Waals surface area contributed by atoms with Crippen LogP contribution in [0.2, 0.25) is 0 Å². The molecule has 1 N–H and O–H groups in total. The summed E-state index contributed by atoms with van der Waals surface area (Å²) in [6.45, 7) is 6.69. The minimum Gasteiger partial charge on any atom is -0.465 e. The molecule has 0 aliphatic rings. The average Bonchev–Trinajstić information content (AvgIpc) is 2.31. The number of hydrogen-bond acceptors (Lipinski definition) is 3. The predicted molar refractivity (Wildman–Crippen MR) is 68.6 cm³/mol. The average molecular weight is 253 g/mol. The van der Waals surface area contributed by atoms with Crippen LogP contribution in [0.25, 0.3) is 0 Å². The van der Waals surface area contributed by atoms with Crippen LogP contribution < -0.4 is 5.32 Å². The van der Waals surface area contributed by atoms with E-state index in [1.165, 1.54) is 6.07 Å². The lowest BCUT2D eigenvalue weighted by atomic mass is 10.1. The summed E-state index contributed by atoms with van der Waals surface area (Å²) in [4.78, 5) is 11.9. The van der Waals surface area contributed by atoms with Gasteiger partial charge in [0.15, 0.2) is 0 Å². The second-order valence-electron chi connectivity index (χ2n) is 4.51. The van der Waals surface area contributed by atoms with Gasteiger partial charge in [-0.1, -0.05) is 32.0 Å². The van der Waals surface area contributed by atoms with Gasteiger partial charge in [-0.3, -0.25) is 0 Å². The first-order valence-electron chi connectivity index (χ1n) is 6.20. The summed E-state index contributed by atoms with van der Waals surface area (Å²) < 4.78 is 18.7. The van der Waals surface area contributed by atoms with Crippen LogP contribution in [-0.2, 0) is 9.53 Å². The van der Waals surface area contributed by atoms with Crippen LogP contribution in [0.15, 0.2) is 24.3 Å². The van der Waals surface area contributed by atoms with E-state index in [4.69, 9.17) is 4.74 Å². The molecule has 0 aromatic heterocycles. The zero-order valence-corrected chi connectivity index (χ0v) is 11.1. The van der Waals surface area contributed by atoms with Crippen LogP contribution in [0.1, 0.15) is 32.4 Å². The van der Waals surface area contributed by atoms with Crippen LogP contribution in [-0.4, -0.2) is 19.1 Å². The van der Waals surface area contributed by atoms with Crippen LogP contribution in [0.5, 0.6) is 0 Å². The van der Waals surface area contributed by atoms with Crippen LogP contribution >= 0.6 is 0 Å². The minimum absolute atomic E-state index is 0.285. The zero-order chi connectivity index (χ0) is 13.5. The van der Waals surface area contributed by atoms with Crippen molar-refractivity contribution in [1.29, 1.82) is 0 Å². The van der Waals surface area contributed by atoms with Gasteiger partial charge in [-0.25, -0.2) is 9.18 Å². The third-order valence-corrected chi connectivity index (χ3v) is 2.47. The first kappa shape index (κ1) is 14.6. The van der Waals surface area contributed by atoms with E-state index in [1.807, 2.05) is 13.8 Å². The Morgan fingerprint density at radius 3 is 2.61 bits per heavy atom. The Labute approximate surface area is 107 Å². The molecule has 0 aliphatic carbocycles. The highest BCUT2D eigenvalue weighted by molar-refractivity contribution is 5.77. The van der Waals surface area contributed by atoms with E-state index in [1.54, 1.807) is 25.1 Å². The summed E-state index contributed by atoms with van der Waals surface area (Å²) >= 11 is 0. The number of halogens is 1. The highest BCUT2D eigenvalue weighted by atomic mass is 19.1. The fraction of sp³-hybridized carbons (Fsp3) is 0.500. The van der Waals surface area contributed by atoms with Gasteiger partial charge in [-0.15, -0.1) is 0 Å². The summed E-state index contributed by atoms with van der Waals surface area (Å²) in [6, 6.07) is 5.52. The molecule has 1 rings (SSSR count). The van der Waals surface area contributed by atoms with Crippen molar-refractivity contribution in [2.24, 2.45) is 5.92 Å². The Hall–Kier alpha value is -1.42. The number of hydrogen-bond donors (Lipinski definition) is 1. The lowest BCUT2D eigenvalue weighted by molar-refractivity contribution is -0.146. The van der Waals surface area contributed by atoms with Crippen molar-refractivity contribution in [2.75, 3.05) is 13.2 Å². The van der Waals surface area contributed by atoms with Gasteiger partial charge >= 0.3 is 5.97 Å². The normalized spacial score (nSPS) is 12.5. The summed E-state index contributed by atoms with van der Waals surface area (Å²) in [7, 11) is 0. The van der Waals surface area contributed by atoms with Crippen molar-refractivity contribution in [3.63, 3.8) is 0 Å². The third kappa shape index (κ3) is 4.11. The number of carbonyl (C=O) groups excluding carboxylic acids is 1. The molecular formula is C14H20FNO2. The number of rotatable bonds is 6. The summed E-state index contributed by atoms with van der Waals surface area (Å²) in [6.07, 6.45) is 0. The molecule has 0 aliphatic heterocycles. The molecule has 0 spiro atoms. The molecule has 18 heavy (non-hydrogen) atoms. The molecule has 0 saturated heterocycles. The van der Waals surface area contributed by atoms with Crippen molar-refractivity contribution in [3.8, 4) is 0 Å². The molecule has 100 valence electrons.